The molecule has 1 N–H and O–H groups in total. The number of hydrogen-bond acceptors (Lipinski definition) is 5. The SMILES string of the molecule is CN(C)CCCN1C(=O)COc2ccc(NC(=O)COc3ccccc3)cc21. The Bertz CT molecular complexity index is 824. The molecular formula is C21H25N3O4. The van der Waals surface area contributed by atoms with Gasteiger partial charge in [-0.2, -0.15) is 0 Å². The van der Waals surface area contributed by atoms with Gasteiger partial charge < -0.3 is 24.6 Å². The van der Waals surface area contributed by atoms with Crippen LogP contribution >= 0.6 is 0 Å². The van der Waals surface area contributed by atoms with E-state index >= 15 is 0 Å². The molecule has 2 amide bonds. The fourth-order valence-corrected chi connectivity index (χ4v) is 2.93. The fourth-order valence-electron chi connectivity index (χ4n) is 2.93. The van der Waals surface area contributed by atoms with Gasteiger partial charge in [-0.15, -0.1) is 0 Å². The van der Waals surface area contributed by atoms with E-state index < -0.39 is 0 Å². The smallest absolute Gasteiger partial charge is 0.265 e. The quantitative estimate of drug-likeness (QED) is 0.758. The van der Waals surface area contributed by atoms with E-state index in [-0.39, 0.29) is 25.0 Å². The zero-order valence-electron chi connectivity index (χ0n) is 16.2. The molecule has 3 rings (SSSR count). The first-order chi connectivity index (χ1) is 13.5. The van der Waals surface area contributed by atoms with Crippen LogP contribution < -0.4 is 19.7 Å². The lowest BCUT2D eigenvalue weighted by atomic mass is 10.2. The molecule has 0 unspecified atom stereocenters. The molecule has 0 aliphatic carbocycles. The van der Waals surface area contributed by atoms with Crippen LogP contribution in [-0.4, -0.2) is 57.1 Å². The Morgan fingerprint density at radius 3 is 2.75 bits per heavy atom. The maximum absolute atomic E-state index is 12.3. The summed E-state index contributed by atoms with van der Waals surface area (Å²) >= 11 is 0. The number of nitrogens with one attached hydrogen (secondary N) is 1. The van der Waals surface area contributed by atoms with Crippen molar-refractivity contribution in [3.05, 3.63) is 48.5 Å². The molecule has 148 valence electrons. The zero-order chi connectivity index (χ0) is 19.9. The van der Waals surface area contributed by atoms with Gasteiger partial charge >= 0.3 is 0 Å². The highest BCUT2D eigenvalue weighted by atomic mass is 16.5. The normalized spacial score (nSPS) is 13.1. The average molecular weight is 383 g/mol. The summed E-state index contributed by atoms with van der Waals surface area (Å²) in [5.74, 6) is 0.922. The number of para-hydroxylation sites is 1. The Hall–Kier alpha value is -3.06. The highest BCUT2D eigenvalue weighted by Crippen LogP contribution is 2.34. The molecule has 2 aromatic carbocycles. The number of fused-ring (bicyclic) bond motifs is 1. The van der Waals surface area contributed by atoms with E-state index in [2.05, 4.69) is 10.2 Å². The van der Waals surface area contributed by atoms with Crippen LogP contribution in [0.15, 0.2) is 48.5 Å². The molecule has 0 fully saturated rings. The van der Waals surface area contributed by atoms with Crippen molar-refractivity contribution < 1.29 is 19.1 Å². The molecule has 1 aliphatic rings. The minimum absolute atomic E-state index is 0.0333. The summed E-state index contributed by atoms with van der Waals surface area (Å²) in [6, 6.07) is 14.5. The van der Waals surface area contributed by atoms with Gasteiger partial charge in [0.05, 0.1) is 5.69 Å². The predicted octanol–water partition coefficient (Wildman–Crippen LogP) is 2.38. The molecule has 1 heterocycles. The molecule has 7 heteroatoms. The van der Waals surface area contributed by atoms with Gasteiger partial charge in [0.2, 0.25) is 0 Å². The van der Waals surface area contributed by atoms with Crippen molar-refractivity contribution in [1.82, 2.24) is 4.90 Å². The Labute approximate surface area is 164 Å². The van der Waals surface area contributed by atoms with E-state index in [1.165, 1.54) is 0 Å². The van der Waals surface area contributed by atoms with E-state index in [4.69, 9.17) is 9.47 Å². The fraction of sp³-hybridized carbons (Fsp3) is 0.333. The van der Waals surface area contributed by atoms with E-state index in [1.54, 1.807) is 35.2 Å². The Kier molecular flexibility index (Phi) is 6.49. The summed E-state index contributed by atoms with van der Waals surface area (Å²) in [6.07, 6.45) is 0.847. The first-order valence-corrected chi connectivity index (χ1v) is 9.22. The highest BCUT2D eigenvalue weighted by molar-refractivity contribution is 5.99. The van der Waals surface area contributed by atoms with Gasteiger partial charge in [-0.25, -0.2) is 0 Å². The first-order valence-electron chi connectivity index (χ1n) is 9.22. The molecule has 7 nitrogen and oxygen atoms in total. The van der Waals surface area contributed by atoms with Crippen molar-refractivity contribution in [3.63, 3.8) is 0 Å². The van der Waals surface area contributed by atoms with Gasteiger partial charge in [0.15, 0.2) is 13.2 Å². The minimum atomic E-state index is -0.272. The summed E-state index contributed by atoms with van der Waals surface area (Å²) in [5.41, 5.74) is 1.27. The molecule has 0 bridgehead atoms. The Balaban J connectivity index is 1.64. The number of hydrogen-bond donors (Lipinski definition) is 1. The summed E-state index contributed by atoms with van der Waals surface area (Å²) in [5, 5.41) is 2.81. The topological polar surface area (TPSA) is 71.1 Å². The first kappa shape index (κ1) is 19.7. The van der Waals surface area contributed by atoms with E-state index in [0.29, 0.717) is 29.4 Å². The van der Waals surface area contributed by atoms with Gasteiger partial charge in [0.25, 0.3) is 11.8 Å². The average Bonchev–Trinajstić information content (AvgIpc) is 2.69. The second-order valence-corrected chi connectivity index (χ2v) is 6.82. The standard InChI is InChI=1S/C21H25N3O4/c1-23(2)11-6-12-24-18-13-16(9-10-19(18)28-15-21(24)26)22-20(25)14-27-17-7-4-3-5-8-17/h3-5,7-10,13H,6,11-12,14-15H2,1-2H3,(H,22,25). The van der Waals surface area contributed by atoms with Gasteiger partial charge in [0.1, 0.15) is 11.5 Å². The van der Waals surface area contributed by atoms with E-state index in [0.717, 1.165) is 13.0 Å². The van der Waals surface area contributed by atoms with Crippen molar-refractivity contribution in [2.75, 3.05) is 50.6 Å². The third kappa shape index (κ3) is 5.23. The monoisotopic (exact) mass is 383 g/mol. The molecule has 0 aromatic heterocycles. The maximum atomic E-state index is 12.3. The van der Waals surface area contributed by atoms with Crippen molar-refractivity contribution in [2.45, 2.75) is 6.42 Å². The zero-order valence-corrected chi connectivity index (χ0v) is 16.2. The van der Waals surface area contributed by atoms with Gasteiger partial charge in [0, 0.05) is 12.2 Å². The summed E-state index contributed by atoms with van der Waals surface area (Å²) in [6.45, 7) is 1.42. The van der Waals surface area contributed by atoms with Crippen molar-refractivity contribution in [3.8, 4) is 11.5 Å². The number of nitrogens with zero attached hydrogens (tertiary/aromatic N) is 2. The third-order valence-electron chi connectivity index (χ3n) is 4.29. The molecule has 0 saturated carbocycles. The van der Waals surface area contributed by atoms with Crippen LogP contribution in [0.3, 0.4) is 0 Å². The molecule has 1 aliphatic heterocycles. The largest absolute Gasteiger partial charge is 0.484 e. The van der Waals surface area contributed by atoms with E-state index in [9.17, 15) is 9.59 Å². The molecule has 2 aromatic rings. The number of carbonyl (C=O) groups excluding carboxylic acids is 2. The molecule has 28 heavy (non-hydrogen) atoms. The van der Waals surface area contributed by atoms with Crippen LogP contribution in [0.25, 0.3) is 0 Å². The van der Waals surface area contributed by atoms with Crippen molar-refractivity contribution >= 4 is 23.2 Å². The number of anilines is 2. The number of ether oxygens (including phenoxy) is 2. The van der Waals surface area contributed by atoms with Gasteiger partial charge in [-0.05, 0) is 57.4 Å². The Morgan fingerprint density at radius 2 is 2.00 bits per heavy atom. The second kappa shape index (κ2) is 9.23. The van der Waals surface area contributed by atoms with Crippen molar-refractivity contribution in [1.29, 1.82) is 0 Å². The lowest BCUT2D eigenvalue weighted by molar-refractivity contribution is -0.121. The van der Waals surface area contributed by atoms with Crippen LogP contribution in [0.5, 0.6) is 11.5 Å². The minimum Gasteiger partial charge on any atom is -0.484 e. The number of carbonyl (C=O) groups is 2. The van der Waals surface area contributed by atoms with Crippen LogP contribution in [0.2, 0.25) is 0 Å². The summed E-state index contributed by atoms with van der Waals surface area (Å²) in [4.78, 5) is 28.3. The molecule has 0 atom stereocenters. The Morgan fingerprint density at radius 1 is 1.21 bits per heavy atom. The second-order valence-electron chi connectivity index (χ2n) is 6.82. The molecule has 0 saturated heterocycles. The number of benzene rings is 2. The predicted molar refractivity (Wildman–Crippen MR) is 108 cm³/mol. The van der Waals surface area contributed by atoms with Gasteiger partial charge in [-0.1, -0.05) is 18.2 Å². The summed E-state index contributed by atoms with van der Waals surface area (Å²) < 4.78 is 11.0. The van der Waals surface area contributed by atoms with Crippen molar-refractivity contribution in [2.24, 2.45) is 0 Å². The van der Waals surface area contributed by atoms with Crippen LogP contribution in [-0.2, 0) is 9.59 Å². The summed E-state index contributed by atoms with van der Waals surface area (Å²) in [7, 11) is 4.00. The lowest BCUT2D eigenvalue weighted by Crippen LogP contribution is -2.40. The molecule has 0 radical (unpaired) electrons. The maximum Gasteiger partial charge on any atom is 0.265 e. The lowest BCUT2D eigenvalue weighted by Gasteiger charge is -2.30. The highest BCUT2D eigenvalue weighted by Gasteiger charge is 2.25. The van der Waals surface area contributed by atoms with E-state index in [1.807, 2.05) is 32.3 Å². The third-order valence-corrected chi connectivity index (χ3v) is 4.29. The molecular weight excluding hydrogens is 358 g/mol. The number of rotatable bonds is 8. The van der Waals surface area contributed by atoms with Crippen LogP contribution in [0.1, 0.15) is 6.42 Å². The van der Waals surface area contributed by atoms with Crippen LogP contribution in [0, 0.1) is 0 Å². The van der Waals surface area contributed by atoms with Crippen LogP contribution in [0.4, 0.5) is 11.4 Å². The van der Waals surface area contributed by atoms with Gasteiger partial charge in [-0.3, -0.25) is 9.59 Å². The molecule has 0 spiro atoms. The number of amides is 2.